The Bertz CT molecular complexity index is 698. The van der Waals surface area contributed by atoms with Crippen LogP contribution < -0.4 is 4.74 Å². The lowest BCUT2D eigenvalue weighted by molar-refractivity contribution is 0.245. The van der Waals surface area contributed by atoms with Gasteiger partial charge in [-0.05, 0) is 48.2 Å². The fourth-order valence-electron chi connectivity index (χ4n) is 2.29. The highest BCUT2D eigenvalue weighted by atomic mass is 16.5. The zero-order chi connectivity index (χ0) is 12.5. The number of hydrogen-bond acceptors (Lipinski definition) is 1. The van der Waals surface area contributed by atoms with E-state index >= 15 is 0 Å². The zero-order valence-electron chi connectivity index (χ0n) is 10.7. The van der Waals surface area contributed by atoms with Crippen LogP contribution >= 0.6 is 0 Å². The van der Waals surface area contributed by atoms with Gasteiger partial charge in [0, 0.05) is 5.39 Å². The van der Waals surface area contributed by atoms with Gasteiger partial charge in [-0.2, -0.15) is 0 Å². The van der Waals surface area contributed by atoms with Crippen molar-refractivity contribution in [1.82, 2.24) is 0 Å². The first kappa shape index (κ1) is 11.1. The van der Waals surface area contributed by atoms with Gasteiger partial charge in [0.25, 0.3) is 0 Å². The van der Waals surface area contributed by atoms with Gasteiger partial charge in [-0.25, -0.2) is 0 Å². The maximum Gasteiger partial charge on any atom is 0.127 e. The third-order valence-electron chi connectivity index (χ3n) is 3.07. The smallest absolute Gasteiger partial charge is 0.127 e. The molecule has 18 heavy (non-hydrogen) atoms. The van der Waals surface area contributed by atoms with E-state index in [4.69, 9.17) is 4.74 Å². The van der Waals surface area contributed by atoms with Crippen molar-refractivity contribution in [3.05, 3.63) is 54.6 Å². The molecule has 0 heterocycles. The van der Waals surface area contributed by atoms with E-state index in [0.29, 0.717) is 0 Å². The van der Waals surface area contributed by atoms with Gasteiger partial charge in [0.15, 0.2) is 0 Å². The molecule has 0 N–H and O–H groups in total. The summed E-state index contributed by atoms with van der Waals surface area (Å²) in [5, 5.41) is 4.94. The van der Waals surface area contributed by atoms with Crippen molar-refractivity contribution in [3.63, 3.8) is 0 Å². The summed E-state index contributed by atoms with van der Waals surface area (Å²) < 4.78 is 5.88. The van der Waals surface area contributed by atoms with E-state index in [-0.39, 0.29) is 6.10 Å². The van der Waals surface area contributed by atoms with Gasteiger partial charge in [-0.3, -0.25) is 0 Å². The molecule has 0 amide bonds. The molecular weight excluding hydrogens is 220 g/mol. The number of rotatable bonds is 2. The van der Waals surface area contributed by atoms with E-state index in [1.807, 2.05) is 6.07 Å². The highest BCUT2D eigenvalue weighted by Crippen LogP contribution is 2.30. The molecule has 0 unspecified atom stereocenters. The van der Waals surface area contributed by atoms with E-state index < -0.39 is 0 Å². The Morgan fingerprint density at radius 2 is 1.44 bits per heavy atom. The average molecular weight is 236 g/mol. The van der Waals surface area contributed by atoms with Gasteiger partial charge in [-0.15, -0.1) is 0 Å². The summed E-state index contributed by atoms with van der Waals surface area (Å²) in [4.78, 5) is 0. The highest BCUT2D eigenvalue weighted by Gasteiger charge is 2.05. The molecule has 0 aromatic heterocycles. The Kier molecular flexibility index (Phi) is 2.67. The van der Waals surface area contributed by atoms with Crippen LogP contribution in [0, 0.1) is 0 Å². The van der Waals surface area contributed by atoms with Crippen molar-refractivity contribution < 1.29 is 4.74 Å². The monoisotopic (exact) mass is 236 g/mol. The molecule has 3 rings (SSSR count). The predicted octanol–water partition coefficient (Wildman–Crippen LogP) is 4.78. The van der Waals surface area contributed by atoms with Crippen LogP contribution in [0.2, 0.25) is 0 Å². The summed E-state index contributed by atoms with van der Waals surface area (Å²) in [6, 6.07) is 19.1. The van der Waals surface area contributed by atoms with Crippen molar-refractivity contribution in [2.24, 2.45) is 0 Å². The number of fused-ring (bicyclic) bond motifs is 2. The molecule has 90 valence electrons. The number of hydrogen-bond donors (Lipinski definition) is 0. The molecule has 0 fully saturated rings. The minimum atomic E-state index is 0.196. The van der Waals surface area contributed by atoms with E-state index in [0.717, 1.165) is 5.75 Å². The summed E-state index contributed by atoms with van der Waals surface area (Å²) in [5.74, 6) is 0.966. The molecule has 0 saturated carbocycles. The minimum Gasteiger partial charge on any atom is -0.490 e. The van der Waals surface area contributed by atoms with Crippen molar-refractivity contribution in [3.8, 4) is 5.75 Å². The number of benzene rings is 3. The second kappa shape index (κ2) is 4.34. The lowest BCUT2D eigenvalue weighted by Gasteiger charge is -2.13. The molecule has 1 heteroatoms. The molecule has 0 aliphatic heterocycles. The summed E-state index contributed by atoms with van der Waals surface area (Å²) >= 11 is 0. The topological polar surface area (TPSA) is 9.23 Å². The van der Waals surface area contributed by atoms with Gasteiger partial charge >= 0.3 is 0 Å². The van der Waals surface area contributed by atoms with Crippen LogP contribution in [0.25, 0.3) is 21.5 Å². The van der Waals surface area contributed by atoms with Crippen molar-refractivity contribution in [1.29, 1.82) is 0 Å². The first-order chi connectivity index (χ1) is 8.74. The van der Waals surface area contributed by atoms with Gasteiger partial charge in [0.05, 0.1) is 6.10 Å². The normalized spacial score (nSPS) is 11.3. The van der Waals surface area contributed by atoms with E-state index in [9.17, 15) is 0 Å². The quantitative estimate of drug-likeness (QED) is 0.582. The molecule has 1 nitrogen and oxygen atoms in total. The standard InChI is InChI=1S/C17H16O/c1-12(2)18-17-9-5-8-15-10-13-6-3-4-7-14(13)11-16(15)17/h3-12H,1-2H3. The summed E-state index contributed by atoms with van der Waals surface area (Å²) in [7, 11) is 0. The molecule has 0 bridgehead atoms. The second-order valence-electron chi connectivity index (χ2n) is 4.84. The SMILES string of the molecule is CC(C)Oc1cccc2cc3ccccc3cc12. The Labute approximate surface area is 107 Å². The molecule has 0 aliphatic carbocycles. The van der Waals surface area contributed by atoms with E-state index in [2.05, 4.69) is 62.4 Å². The Balaban J connectivity index is 2.29. The average Bonchev–Trinajstić information content (AvgIpc) is 2.36. The molecule has 0 saturated heterocycles. The second-order valence-corrected chi connectivity index (χ2v) is 4.84. The van der Waals surface area contributed by atoms with Gasteiger partial charge in [0.2, 0.25) is 0 Å². The number of ether oxygens (including phenoxy) is 1. The first-order valence-corrected chi connectivity index (χ1v) is 6.32. The van der Waals surface area contributed by atoms with Crippen LogP contribution in [0.3, 0.4) is 0 Å². The predicted molar refractivity (Wildman–Crippen MR) is 77.2 cm³/mol. The molecule has 0 aliphatic rings. The third-order valence-corrected chi connectivity index (χ3v) is 3.07. The van der Waals surface area contributed by atoms with Crippen LogP contribution in [0.15, 0.2) is 54.6 Å². The molecule has 0 spiro atoms. The van der Waals surface area contributed by atoms with Gasteiger partial charge < -0.3 is 4.74 Å². The summed E-state index contributed by atoms with van der Waals surface area (Å²) in [6.45, 7) is 4.11. The van der Waals surface area contributed by atoms with Crippen LogP contribution in [-0.2, 0) is 0 Å². The van der Waals surface area contributed by atoms with Crippen molar-refractivity contribution in [2.75, 3.05) is 0 Å². The summed E-state index contributed by atoms with van der Waals surface area (Å²) in [6.07, 6.45) is 0.196. The Morgan fingerprint density at radius 1 is 0.778 bits per heavy atom. The molecule has 0 atom stereocenters. The lowest BCUT2D eigenvalue weighted by Crippen LogP contribution is -2.05. The Hall–Kier alpha value is -2.02. The van der Waals surface area contributed by atoms with Crippen molar-refractivity contribution >= 4 is 21.5 Å². The molecule has 3 aromatic carbocycles. The third kappa shape index (κ3) is 1.92. The van der Waals surface area contributed by atoms with Gasteiger partial charge in [0.1, 0.15) is 5.75 Å². The lowest BCUT2D eigenvalue weighted by atomic mass is 10.0. The Morgan fingerprint density at radius 3 is 2.17 bits per heavy atom. The maximum atomic E-state index is 5.88. The fourth-order valence-corrected chi connectivity index (χ4v) is 2.29. The first-order valence-electron chi connectivity index (χ1n) is 6.32. The van der Waals surface area contributed by atoms with Crippen LogP contribution in [0.4, 0.5) is 0 Å². The minimum absolute atomic E-state index is 0.196. The maximum absolute atomic E-state index is 5.88. The zero-order valence-corrected chi connectivity index (χ0v) is 10.7. The van der Waals surface area contributed by atoms with Gasteiger partial charge in [-0.1, -0.05) is 36.4 Å². The van der Waals surface area contributed by atoms with Crippen LogP contribution in [0.1, 0.15) is 13.8 Å². The largest absolute Gasteiger partial charge is 0.490 e. The highest BCUT2D eigenvalue weighted by molar-refractivity contribution is 6.00. The van der Waals surface area contributed by atoms with Crippen molar-refractivity contribution in [2.45, 2.75) is 20.0 Å². The summed E-state index contributed by atoms with van der Waals surface area (Å²) in [5.41, 5.74) is 0. The fraction of sp³-hybridized carbons (Fsp3) is 0.176. The molecule has 0 radical (unpaired) electrons. The van der Waals surface area contributed by atoms with Crippen LogP contribution in [0.5, 0.6) is 5.75 Å². The van der Waals surface area contributed by atoms with Crippen LogP contribution in [-0.4, -0.2) is 6.10 Å². The van der Waals surface area contributed by atoms with E-state index in [1.165, 1.54) is 21.5 Å². The molecule has 3 aromatic rings. The molecular formula is C17H16O. The van der Waals surface area contributed by atoms with E-state index in [1.54, 1.807) is 0 Å².